The molecule has 2 N–H and O–H groups in total. The van der Waals surface area contributed by atoms with Gasteiger partial charge in [-0.3, -0.25) is 9.59 Å². The van der Waals surface area contributed by atoms with Crippen LogP contribution in [-0.4, -0.2) is 24.4 Å². The smallest absolute Gasteiger partial charge is 0.251 e. The van der Waals surface area contributed by atoms with E-state index in [0.717, 1.165) is 17.3 Å². The van der Waals surface area contributed by atoms with Gasteiger partial charge < -0.3 is 10.6 Å². The molecule has 0 saturated carbocycles. The molecule has 1 fully saturated rings. The Morgan fingerprint density at radius 3 is 2.95 bits per heavy atom. The molecule has 102 valence electrons. The standard InChI is InChI=1S/C13H14BrClN2O2/c14-9-5-4-8(7-10(9)15)12(18)17-11-3-1-2-6-16-13(11)19/h4-5,7,11H,1-3,6H2,(H,16,19)(H,17,18). The quantitative estimate of drug-likeness (QED) is 0.865. The molecule has 2 amide bonds. The highest BCUT2D eigenvalue weighted by atomic mass is 79.9. The average molecular weight is 346 g/mol. The number of carbonyl (C=O) groups is 2. The first-order chi connectivity index (χ1) is 9.08. The number of nitrogens with one attached hydrogen (secondary N) is 2. The number of benzene rings is 1. The van der Waals surface area contributed by atoms with Crippen molar-refractivity contribution < 1.29 is 9.59 Å². The van der Waals surface area contributed by atoms with Gasteiger partial charge in [-0.1, -0.05) is 11.6 Å². The fraction of sp³-hybridized carbons (Fsp3) is 0.385. The van der Waals surface area contributed by atoms with Crippen molar-refractivity contribution >= 4 is 39.3 Å². The predicted molar refractivity (Wildman–Crippen MR) is 77.3 cm³/mol. The third-order valence-electron chi connectivity index (χ3n) is 3.02. The molecule has 1 saturated heterocycles. The van der Waals surface area contributed by atoms with Crippen LogP contribution >= 0.6 is 27.5 Å². The summed E-state index contributed by atoms with van der Waals surface area (Å²) in [4.78, 5) is 23.8. The van der Waals surface area contributed by atoms with Crippen molar-refractivity contribution in [3.63, 3.8) is 0 Å². The SMILES string of the molecule is O=C(NC1CCCCNC1=O)c1ccc(Br)c(Cl)c1. The molecule has 1 aromatic rings. The minimum Gasteiger partial charge on any atom is -0.354 e. The number of halogens is 2. The third-order valence-corrected chi connectivity index (χ3v) is 4.25. The summed E-state index contributed by atoms with van der Waals surface area (Å²) in [5.74, 6) is -0.398. The molecule has 19 heavy (non-hydrogen) atoms. The normalized spacial score (nSPS) is 19.5. The minimum absolute atomic E-state index is 0.117. The molecule has 0 aromatic heterocycles. The molecule has 1 atom stereocenters. The van der Waals surface area contributed by atoms with Crippen LogP contribution in [0.5, 0.6) is 0 Å². The van der Waals surface area contributed by atoms with E-state index in [-0.39, 0.29) is 11.8 Å². The maximum absolute atomic E-state index is 12.1. The van der Waals surface area contributed by atoms with E-state index in [4.69, 9.17) is 11.6 Å². The molecule has 1 unspecified atom stereocenters. The Hall–Kier alpha value is -1.07. The number of amides is 2. The molecular formula is C13H14BrClN2O2. The molecule has 0 bridgehead atoms. The number of carbonyl (C=O) groups excluding carboxylic acids is 2. The van der Waals surface area contributed by atoms with E-state index in [1.165, 1.54) is 0 Å². The van der Waals surface area contributed by atoms with Crippen LogP contribution in [0.4, 0.5) is 0 Å². The topological polar surface area (TPSA) is 58.2 Å². The Bertz CT molecular complexity index is 507. The van der Waals surface area contributed by atoms with E-state index < -0.39 is 6.04 Å². The van der Waals surface area contributed by atoms with Crippen molar-refractivity contribution in [1.82, 2.24) is 10.6 Å². The summed E-state index contributed by atoms with van der Waals surface area (Å²) in [6, 6.07) is 4.50. The summed E-state index contributed by atoms with van der Waals surface area (Å²) >= 11 is 9.22. The van der Waals surface area contributed by atoms with Gasteiger partial charge in [0.25, 0.3) is 5.91 Å². The molecule has 0 aliphatic carbocycles. The van der Waals surface area contributed by atoms with Gasteiger partial charge in [-0.25, -0.2) is 0 Å². The third kappa shape index (κ3) is 3.70. The zero-order valence-corrected chi connectivity index (χ0v) is 12.6. The first kappa shape index (κ1) is 14.3. The van der Waals surface area contributed by atoms with E-state index in [0.29, 0.717) is 23.6 Å². The van der Waals surface area contributed by atoms with Crippen molar-refractivity contribution in [1.29, 1.82) is 0 Å². The lowest BCUT2D eigenvalue weighted by molar-refractivity contribution is -0.122. The summed E-state index contributed by atoms with van der Waals surface area (Å²) in [6.45, 7) is 0.676. The highest BCUT2D eigenvalue weighted by Gasteiger charge is 2.22. The van der Waals surface area contributed by atoms with Gasteiger partial charge in [0.05, 0.1) is 5.02 Å². The number of rotatable bonds is 2. The first-order valence-corrected chi connectivity index (χ1v) is 7.28. The van der Waals surface area contributed by atoms with Crippen LogP contribution in [0, 0.1) is 0 Å². The monoisotopic (exact) mass is 344 g/mol. The second-order valence-corrected chi connectivity index (χ2v) is 5.70. The van der Waals surface area contributed by atoms with Gasteiger partial charge in [0.15, 0.2) is 0 Å². The Morgan fingerprint density at radius 2 is 2.21 bits per heavy atom. The maximum atomic E-state index is 12.1. The highest BCUT2D eigenvalue weighted by Crippen LogP contribution is 2.23. The van der Waals surface area contributed by atoms with Crippen LogP contribution in [0.2, 0.25) is 5.02 Å². The Labute approximate surface area is 125 Å². The zero-order chi connectivity index (χ0) is 13.8. The van der Waals surface area contributed by atoms with Gasteiger partial charge in [-0.2, -0.15) is 0 Å². The summed E-state index contributed by atoms with van der Waals surface area (Å²) < 4.78 is 0.734. The van der Waals surface area contributed by atoms with Crippen molar-refractivity contribution in [2.75, 3.05) is 6.54 Å². The lowest BCUT2D eigenvalue weighted by Crippen LogP contribution is -2.45. The van der Waals surface area contributed by atoms with Crippen LogP contribution in [0.15, 0.2) is 22.7 Å². The molecule has 1 aliphatic rings. The predicted octanol–water partition coefficient (Wildman–Crippen LogP) is 2.50. The van der Waals surface area contributed by atoms with Crippen LogP contribution in [0.3, 0.4) is 0 Å². The lowest BCUT2D eigenvalue weighted by atomic mass is 10.1. The molecule has 1 aliphatic heterocycles. The van der Waals surface area contributed by atoms with Crippen LogP contribution in [0.1, 0.15) is 29.6 Å². The molecule has 2 rings (SSSR count). The second-order valence-electron chi connectivity index (χ2n) is 4.44. The summed E-state index contributed by atoms with van der Waals surface area (Å²) in [6.07, 6.45) is 2.54. The minimum atomic E-state index is -0.461. The van der Waals surface area contributed by atoms with Crippen molar-refractivity contribution in [2.45, 2.75) is 25.3 Å². The van der Waals surface area contributed by atoms with Gasteiger partial charge in [-0.15, -0.1) is 0 Å². The second kappa shape index (κ2) is 6.39. The van der Waals surface area contributed by atoms with E-state index >= 15 is 0 Å². The Kier molecular flexibility index (Phi) is 4.82. The molecule has 1 heterocycles. The van der Waals surface area contributed by atoms with Crippen molar-refractivity contribution in [3.8, 4) is 0 Å². The lowest BCUT2D eigenvalue weighted by Gasteiger charge is -2.15. The maximum Gasteiger partial charge on any atom is 0.251 e. The summed E-state index contributed by atoms with van der Waals surface area (Å²) in [5, 5.41) is 6.00. The van der Waals surface area contributed by atoms with Gasteiger partial charge in [0, 0.05) is 16.6 Å². The zero-order valence-electron chi connectivity index (χ0n) is 10.2. The number of hydrogen-bond donors (Lipinski definition) is 2. The fourth-order valence-corrected chi connectivity index (χ4v) is 2.38. The average Bonchev–Trinajstić information content (AvgIpc) is 2.58. The van der Waals surface area contributed by atoms with E-state index in [1.54, 1.807) is 18.2 Å². The molecule has 0 radical (unpaired) electrons. The Balaban J connectivity index is 2.07. The fourth-order valence-electron chi connectivity index (χ4n) is 1.96. The van der Waals surface area contributed by atoms with Crippen LogP contribution in [-0.2, 0) is 4.79 Å². The van der Waals surface area contributed by atoms with E-state index in [1.807, 2.05) is 0 Å². The highest BCUT2D eigenvalue weighted by molar-refractivity contribution is 9.10. The van der Waals surface area contributed by atoms with Gasteiger partial charge in [0.1, 0.15) is 6.04 Å². The number of hydrogen-bond acceptors (Lipinski definition) is 2. The molecule has 0 spiro atoms. The first-order valence-electron chi connectivity index (χ1n) is 6.11. The van der Waals surface area contributed by atoms with Gasteiger partial charge >= 0.3 is 0 Å². The van der Waals surface area contributed by atoms with Gasteiger partial charge in [-0.05, 0) is 53.4 Å². The van der Waals surface area contributed by atoms with Crippen LogP contribution < -0.4 is 10.6 Å². The molecular weight excluding hydrogens is 332 g/mol. The van der Waals surface area contributed by atoms with Crippen LogP contribution in [0.25, 0.3) is 0 Å². The molecule has 6 heteroatoms. The van der Waals surface area contributed by atoms with Gasteiger partial charge in [0.2, 0.25) is 5.91 Å². The largest absolute Gasteiger partial charge is 0.354 e. The van der Waals surface area contributed by atoms with E-state index in [9.17, 15) is 9.59 Å². The van der Waals surface area contributed by atoms with Crippen molar-refractivity contribution in [2.24, 2.45) is 0 Å². The molecule has 4 nitrogen and oxygen atoms in total. The van der Waals surface area contributed by atoms with E-state index in [2.05, 4.69) is 26.6 Å². The summed E-state index contributed by atoms with van der Waals surface area (Å²) in [5.41, 5.74) is 0.449. The van der Waals surface area contributed by atoms with Crippen molar-refractivity contribution in [3.05, 3.63) is 33.3 Å². The Morgan fingerprint density at radius 1 is 1.42 bits per heavy atom. The summed E-state index contributed by atoms with van der Waals surface area (Å²) in [7, 11) is 0. The molecule has 1 aromatic carbocycles.